The highest BCUT2D eigenvalue weighted by Gasteiger charge is 2.43. The van der Waals surface area contributed by atoms with Crippen molar-refractivity contribution in [3.63, 3.8) is 0 Å². The van der Waals surface area contributed by atoms with Crippen molar-refractivity contribution in [3.8, 4) is 0 Å². The minimum atomic E-state index is -0.0879. The third-order valence-electron chi connectivity index (χ3n) is 3.49. The molecule has 1 aromatic rings. The average molecular weight is 267 g/mol. The van der Waals surface area contributed by atoms with Crippen molar-refractivity contribution in [1.29, 1.82) is 0 Å². The van der Waals surface area contributed by atoms with Gasteiger partial charge in [0.2, 0.25) is 5.91 Å². The van der Waals surface area contributed by atoms with Gasteiger partial charge in [0.1, 0.15) is 12.3 Å². The normalized spacial score (nSPS) is 27.5. The molecule has 2 amide bonds. The molecule has 0 saturated carbocycles. The Bertz CT molecular complexity index is 476. The Labute approximate surface area is 108 Å². The number of hydrogen-bond acceptors (Lipinski definition) is 5. The summed E-state index contributed by atoms with van der Waals surface area (Å²) in [7, 11) is 1.76. The Morgan fingerprint density at radius 3 is 3.11 bits per heavy atom. The molecule has 0 radical (unpaired) electrons. The summed E-state index contributed by atoms with van der Waals surface area (Å²) in [5.41, 5.74) is 2.11. The fourth-order valence-corrected chi connectivity index (χ4v) is 2.93. The first kappa shape index (κ1) is 11.6. The summed E-state index contributed by atoms with van der Waals surface area (Å²) in [4.78, 5) is 31.1. The zero-order chi connectivity index (χ0) is 12.7. The lowest BCUT2D eigenvalue weighted by Crippen LogP contribution is -2.51. The summed E-state index contributed by atoms with van der Waals surface area (Å²) >= 11 is 1.40. The van der Waals surface area contributed by atoms with Crippen molar-refractivity contribution in [2.75, 3.05) is 26.7 Å². The van der Waals surface area contributed by atoms with Crippen molar-refractivity contribution in [2.45, 2.75) is 12.1 Å². The van der Waals surface area contributed by atoms with Crippen LogP contribution in [0.3, 0.4) is 0 Å². The van der Waals surface area contributed by atoms with Gasteiger partial charge in [0, 0.05) is 25.5 Å². The van der Waals surface area contributed by atoms with E-state index in [1.807, 2.05) is 0 Å². The molecule has 0 aliphatic carbocycles. The van der Waals surface area contributed by atoms with Crippen molar-refractivity contribution in [2.24, 2.45) is 0 Å². The summed E-state index contributed by atoms with van der Waals surface area (Å²) in [6, 6.07) is -0.0335. The highest BCUT2D eigenvalue weighted by Crippen LogP contribution is 2.23. The topological polar surface area (TPSA) is 62.7 Å². The van der Waals surface area contributed by atoms with Gasteiger partial charge in [-0.3, -0.25) is 9.59 Å². The molecule has 0 spiro atoms. The summed E-state index contributed by atoms with van der Waals surface area (Å²) in [6.07, 6.45) is -0.0738. The molecule has 7 heteroatoms. The zero-order valence-electron chi connectivity index (χ0n) is 9.91. The zero-order valence-corrected chi connectivity index (χ0v) is 10.7. The molecule has 2 atom stereocenters. The average Bonchev–Trinajstić information content (AvgIpc) is 3.01. The monoisotopic (exact) mass is 267 g/mol. The van der Waals surface area contributed by atoms with E-state index in [-0.39, 0.29) is 30.6 Å². The van der Waals surface area contributed by atoms with E-state index in [1.54, 1.807) is 27.7 Å². The molecule has 2 aliphatic rings. The van der Waals surface area contributed by atoms with Crippen LogP contribution >= 0.6 is 11.3 Å². The highest BCUT2D eigenvalue weighted by atomic mass is 32.1. The number of aromatic nitrogens is 1. The number of morpholine rings is 1. The van der Waals surface area contributed by atoms with Gasteiger partial charge in [0.25, 0.3) is 5.91 Å². The van der Waals surface area contributed by atoms with E-state index in [1.165, 1.54) is 11.3 Å². The van der Waals surface area contributed by atoms with Gasteiger partial charge < -0.3 is 14.5 Å². The second-order valence-corrected chi connectivity index (χ2v) is 5.22. The van der Waals surface area contributed by atoms with E-state index in [0.29, 0.717) is 18.8 Å². The standard InChI is InChI=1S/C11H13N3O3S/c1-13-8-2-14(3-9(8)17-4-10(13)15)11(16)7-5-18-6-12-7/h5-6,8-9H,2-4H2,1H3/t8-,9-/m0/s1. The van der Waals surface area contributed by atoms with Crippen molar-refractivity contribution >= 4 is 23.2 Å². The van der Waals surface area contributed by atoms with Crippen molar-refractivity contribution in [1.82, 2.24) is 14.8 Å². The minimum Gasteiger partial charge on any atom is -0.364 e. The van der Waals surface area contributed by atoms with E-state index < -0.39 is 0 Å². The van der Waals surface area contributed by atoms with Gasteiger partial charge in [-0.1, -0.05) is 0 Å². The number of nitrogens with zero attached hydrogens (tertiary/aromatic N) is 3. The molecule has 96 valence electrons. The first-order valence-corrected chi connectivity index (χ1v) is 6.66. The molecule has 0 aromatic carbocycles. The molecular weight excluding hydrogens is 254 g/mol. The number of thiazole rings is 1. The molecule has 0 bridgehead atoms. The van der Waals surface area contributed by atoms with Gasteiger partial charge in [-0.2, -0.15) is 0 Å². The van der Waals surface area contributed by atoms with Crippen LogP contribution in [0.5, 0.6) is 0 Å². The van der Waals surface area contributed by atoms with Gasteiger partial charge >= 0.3 is 0 Å². The second-order valence-electron chi connectivity index (χ2n) is 4.51. The van der Waals surface area contributed by atoms with E-state index in [9.17, 15) is 9.59 Å². The predicted molar refractivity (Wildman–Crippen MR) is 64.3 cm³/mol. The number of likely N-dealkylation sites (tertiary alicyclic amines) is 1. The summed E-state index contributed by atoms with van der Waals surface area (Å²) < 4.78 is 5.48. The maximum atomic E-state index is 12.2. The molecule has 3 rings (SSSR count). The maximum absolute atomic E-state index is 12.2. The summed E-state index contributed by atoms with van der Waals surface area (Å²) in [6.45, 7) is 1.15. The van der Waals surface area contributed by atoms with E-state index in [2.05, 4.69) is 4.98 Å². The van der Waals surface area contributed by atoms with Gasteiger partial charge in [0.15, 0.2) is 0 Å². The molecular formula is C11H13N3O3S. The first-order valence-electron chi connectivity index (χ1n) is 5.71. The molecule has 2 fully saturated rings. The summed E-state index contributed by atoms with van der Waals surface area (Å²) in [5.74, 6) is -0.116. The molecule has 3 heterocycles. The van der Waals surface area contributed by atoms with E-state index in [0.717, 1.165) is 0 Å². The number of ether oxygens (including phenoxy) is 1. The largest absolute Gasteiger partial charge is 0.364 e. The van der Waals surface area contributed by atoms with Crippen LogP contribution < -0.4 is 0 Å². The van der Waals surface area contributed by atoms with Crippen LogP contribution in [0.15, 0.2) is 10.9 Å². The predicted octanol–water partition coefficient (Wildman–Crippen LogP) is -0.175. The van der Waals surface area contributed by atoms with Gasteiger partial charge in [-0.25, -0.2) is 4.98 Å². The van der Waals surface area contributed by atoms with Crippen LogP contribution in [0.25, 0.3) is 0 Å². The smallest absolute Gasteiger partial charge is 0.273 e. The molecule has 1 aromatic heterocycles. The lowest BCUT2D eigenvalue weighted by molar-refractivity contribution is -0.150. The van der Waals surface area contributed by atoms with Crippen LogP contribution in [0.4, 0.5) is 0 Å². The van der Waals surface area contributed by atoms with Crippen molar-refractivity contribution in [3.05, 3.63) is 16.6 Å². The fourth-order valence-electron chi connectivity index (χ4n) is 2.40. The molecule has 0 N–H and O–H groups in total. The second kappa shape index (κ2) is 4.33. The number of hydrogen-bond donors (Lipinski definition) is 0. The Morgan fingerprint density at radius 1 is 1.56 bits per heavy atom. The van der Waals surface area contributed by atoms with E-state index >= 15 is 0 Å². The van der Waals surface area contributed by atoms with Gasteiger partial charge in [-0.15, -0.1) is 11.3 Å². The molecule has 0 unspecified atom stereocenters. The summed E-state index contributed by atoms with van der Waals surface area (Å²) in [5, 5.41) is 1.74. The lowest BCUT2D eigenvalue weighted by atomic mass is 10.1. The Balaban J connectivity index is 1.75. The van der Waals surface area contributed by atoms with Gasteiger partial charge in [-0.05, 0) is 0 Å². The third-order valence-corrected chi connectivity index (χ3v) is 4.07. The van der Waals surface area contributed by atoms with Crippen LogP contribution in [0.2, 0.25) is 0 Å². The molecule has 18 heavy (non-hydrogen) atoms. The number of carbonyl (C=O) groups is 2. The molecule has 6 nitrogen and oxygen atoms in total. The Morgan fingerprint density at radius 2 is 2.39 bits per heavy atom. The number of likely N-dealkylation sites (N-methyl/N-ethyl adjacent to an activating group) is 1. The van der Waals surface area contributed by atoms with E-state index in [4.69, 9.17) is 4.74 Å². The first-order chi connectivity index (χ1) is 8.66. The number of rotatable bonds is 1. The van der Waals surface area contributed by atoms with Crippen LogP contribution in [-0.4, -0.2) is 65.5 Å². The van der Waals surface area contributed by atoms with Crippen LogP contribution in [0, 0.1) is 0 Å². The lowest BCUT2D eigenvalue weighted by Gasteiger charge is -2.33. The molecule has 2 saturated heterocycles. The van der Waals surface area contributed by atoms with Crippen LogP contribution in [-0.2, 0) is 9.53 Å². The Hall–Kier alpha value is -1.47. The third kappa shape index (κ3) is 1.79. The SMILES string of the molecule is CN1C(=O)CO[C@H]2CN(C(=O)c3cscn3)C[C@@H]21. The quantitative estimate of drug-likeness (QED) is 0.708. The Kier molecular flexibility index (Phi) is 2.79. The van der Waals surface area contributed by atoms with Gasteiger partial charge in [0.05, 0.1) is 17.7 Å². The fraction of sp³-hybridized carbons (Fsp3) is 0.545. The minimum absolute atomic E-state index is 0.0285. The highest BCUT2D eigenvalue weighted by molar-refractivity contribution is 7.07. The number of amides is 2. The van der Waals surface area contributed by atoms with Crippen LogP contribution in [0.1, 0.15) is 10.5 Å². The molecule has 2 aliphatic heterocycles. The number of carbonyl (C=O) groups excluding carboxylic acids is 2. The number of fused-ring (bicyclic) bond motifs is 1. The van der Waals surface area contributed by atoms with Crippen molar-refractivity contribution < 1.29 is 14.3 Å². The maximum Gasteiger partial charge on any atom is 0.273 e.